The van der Waals surface area contributed by atoms with Crippen molar-refractivity contribution in [2.24, 2.45) is 11.7 Å². The van der Waals surface area contributed by atoms with E-state index in [1.54, 1.807) is 7.11 Å². The summed E-state index contributed by atoms with van der Waals surface area (Å²) in [5.41, 5.74) is 7.75. The van der Waals surface area contributed by atoms with E-state index in [-0.39, 0.29) is 0 Å². The quantitative estimate of drug-likeness (QED) is 0.810. The van der Waals surface area contributed by atoms with Crippen LogP contribution in [0, 0.1) is 5.92 Å². The van der Waals surface area contributed by atoms with Crippen LogP contribution in [0.4, 0.5) is 0 Å². The van der Waals surface area contributed by atoms with Gasteiger partial charge in [-0.25, -0.2) is 0 Å². The highest BCUT2D eigenvalue weighted by Crippen LogP contribution is 2.37. The molecular weight excluding hydrogens is 222 g/mol. The van der Waals surface area contributed by atoms with Crippen LogP contribution in [0.15, 0.2) is 30.3 Å². The highest BCUT2D eigenvalue weighted by atomic mass is 16.5. The molecule has 0 saturated heterocycles. The van der Waals surface area contributed by atoms with E-state index in [2.05, 4.69) is 30.3 Å². The maximum Gasteiger partial charge on any atom is 0.0462 e. The van der Waals surface area contributed by atoms with E-state index >= 15 is 0 Å². The molecular formula is C16H25NO. The Labute approximate surface area is 111 Å². The summed E-state index contributed by atoms with van der Waals surface area (Å²) in [6.07, 6.45) is 5.99. The number of ether oxygens (including phenoxy) is 1. The Morgan fingerprint density at radius 3 is 2.72 bits per heavy atom. The lowest BCUT2D eigenvalue weighted by Gasteiger charge is -2.34. The Morgan fingerprint density at radius 2 is 2.00 bits per heavy atom. The van der Waals surface area contributed by atoms with Crippen LogP contribution >= 0.6 is 0 Å². The van der Waals surface area contributed by atoms with Gasteiger partial charge < -0.3 is 10.5 Å². The molecule has 0 spiro atoms. The van der Waals surface area contributed by atoms with Crippen molar-refractivity contribution in [2.45, 2.75) is 44.1 Å². The lowest BCUT2D eigenvalue weighted by Crippen LogP contribution is -2.35. The summed E-state index contributed by atoms with van der Waals surface area (Å²) in [4.78, 5) is 0. The minimum atomic E-state index is 0.391. The minimum Gasteiger partial charge on any atom is -0.385 e. The van der Waals surface area contributed by atoms with Crippen molar-refractivity contribution >= 4 is 0 Å². The van der Waals surface area contributed by atoms with E-state index in [0.717, 1.165) is 19.4 Å². The molecule has 0 heterocycles. The third-order valence-electron chi connectivity index (χ3n) is 4.24. The van der Waals surface area contributed by atoms with E-state index in [1.165, 1.54) is 24.8 Å². The minimum absolute atomic E-state index is 0.391. The van der Waals surface area contributed by atoms with Crippen LogP contribution in [-0.2, 0) is 4.74 Å². The highest BCUT2D eigenvalue weighted by molar-refractivity contribution is 5.20. The van der Waals surface area contributed by atoms with Gasteiger partial charge in [0.05, 0.1) is 0 Å². The third kappa shape index (κ3) is 3.56. The van der Waals surface area contributed by atoms with Gasteiger partial charge in [-0.3, -0.25) is 0 Å². The van der Waals surface area contributed by atoms with Crippen molar-refractivity contribution in [1.29, 1.82) is 0 Å². The van der Waals surface area contributed by atoms with Crippen LogP contribution in [0.5, 0.6) is 0 Å². The number of hydrogen-bond acceptors (Lipinski definition) is 2. The lowest BCUT2D eigenvalue weighted by molar-refractivity contribution is 0.174. The second kappa shape index (κ2) is 6.91. The zero-order chi connectivity index (χ0) is 12.8. The Morgan fingerprint density at radius 1 is 1.22 bits per heavy atom. The smallest absolute Gasteiger partial charge is 0.0462 e. The molecule has 1 aromatic carbocycles. The van der Waals surface area contributed by atoms with Gasteiger partial charge in [-0.2, -0.15) is 0 Å². The van der Waals surface area contributed by atoms with Crippen molar-refractivity contribution in [3.63, 3.8) is 0 Å². The van der Waals surface area contributed by atoms with Gasteiger partial charge in [-0.05, 0) is 49.5 Å². The van der Waals surface area contributed by atoms with Gasteiger partial charge in [-0.1, -0.05) is 30.3 Å². The first kappa shape index (κ1) is 13.6. The molecule has 3 unspecified atom stereocenters. The molecule has 3 atom stereocenters. The fourth-order valence-electron chi connectivity index (χ4n) is 3.14. The molecule has 2 nitrogen and oxygen atoms in total. The van der Waals surface area contributed by atoms with E-state index in [4.69, 9.17) is 10.5 Å². The molecule has 100 valence electrons. The van der Waals surface area contributed by atoms with E-state index < -0.39 is 0 Å². The monoisotopic (exact) mass is 247 g/mol. The SMILES string of the molecule is COCCCC1CC(c2ccccc2)CCC1N. The second-order valence-corrected chi connectivity index (χ2v) is 5.48. The second-order valence-electron chi connectivity index (χ2n) is 5.48. The Bertz CT molecular complexity index is 338. The predicted molar refractivity (Wildman–Crippen MR) is 75.6 cm³/mol. The van der Waals surface area contributed by atoms with Crippen molar-refractivity contribution in [2.75, 3.05) is 13.7 Å². The molecule has 1 aromatic rings. The zero-order valence-electron chi connectivity index (χ0n) is 11.3. The maximum atomic E-state index is 6.26. The van der Waals surface area contributed by atoms with Gasteiger partial charge in [0, 0.05) is 19.8 Å². The van der Waals surface area contributed by atoms with Crippen LogP contribution in [0.1, 0.15) is 43.6 Å². The molecule has 0 aromatic heterocycles. The first-order valence-electron chi connectivity index (χ1n) is 7.10. The molecule has 18 heavy (non-hydrogen) atoms. The molecule has 1 aliphatic carbocycles. The van der Waals surface area contributed by atoms with Crippen molar-refractivity contribution < 1.29 is 4.74 Å². The first-order valence-corrected chi connectivity index (χ1v) is 7.10. The summed E-state index contributed by atoms with van der Waals surface area (Å²) in [5.74, 6) is 1.37. The molecule has 0 radical (unpaired) electrons. The molecule has 1 fully saturated rings. The van der Waals surface area contributed by atoms with E-state index in [0.29, 0.717) is 17.9 Å². The number of nitrogens with two attached hydrogens (primary N) is 1. The van der Waals surface area contributed by atoms with Crippen LogP contribution in [0.3, 0.4) is 0 Å². The van der Waals surface area contributed by atoms with E-state index in [9.17, 15) is 0 Å². The fraction of sp³-hybridized carbons (Fsp3) is 0.625. The number of rotatable bonds is 5. The highest BCUT2D eigenvalue weighted by Gasteiger charge is 2.28. The number of hydrogen-bond donors (Lipinski definition) is 1. The van der Waals surface area contributed by atoms with Crippen LogP contribution in [-0.4, -0.2) is 19.8 Å². The van der Waals surface area contributed by atoms with Crippen LogP contribution < -0.4 is 5.73 Å². The normalized spacial score (nSPS) is 28.2. The summed E-state index contributed by atoms with van der Waals surface area (Å²) in [6, 6.07) is 11.3. The topological polar surface area (TPSA) is 35.2 Å². The van der Waals surface area contributed by atoms with E-state index in [1.807, 2.05) is 0 Å². The van der Waals surface area contributed by atoms with Crippen molar-refractivity contribution in [1.82, 2.24) is 0 Å². The average molecular weight is 247 g/mol. The molecule has 0 bridgehead atoms. The third-order valence-corrected chi connectivity index (χ3v) is 4.24. The first-order chi connectivity index (χ1) is 8.81. The molecule has 0 aliphatic heterocycles. The maximum absolute atomic E-state index is 6.26. The standard InChI is InChI=1S/C16H25NO/c1-18-11-5-8-15-12-14(9-10-16(15)17)13-6-3-2-4-7-13/h2-4,6-7,14-16H,5,8-12,17H2,1H3. The Hall–Kier alpha value is -0.860. The summed E-state index contributed by atoms with van der Waals surface area (Å²) in [6.45, 7) is 0.860. The Balaban J connectivity index is 1.91. The predicted octanol–water partition coefficient (Wildman–Crippen LogP) is 3.32. The molecule has 2 rings (SSSR count). The summed E-state index contributed by atoms with van der Waals surface area (Å²) < 4.78 is 5.14. The molecule has 0 amide bonds. The van der Waals surface area contributed by atoms with Gasteiger partial charge in [0.25, 0.3) is 0 Å². The molecule has 2 N–H and O–H groups in total. The molecule has 1 aliphatic rings. The van der Waals surface area contributed by atoms with Gasteiger partial charge in [-0.15, -0.1) is 0 Å². The van der Waals surface area contributed by atoms with Gasteiger partial charge in [0.1, 0.15) is 0 Å². The van der Waals surface area contributed by atoms with Crippen LogP contribution in [0.2, 0.25) is 0 Å². The number of benzene rings is 1. The summed E-state index contributed by atoms with van der Waals surface area (Å²) in [5, 5.41) is 0. The largest absolute Gasteiger partial charge is 0.385 e. The fourth-order valence-corrected chi connectivity index (χ4v) is 3.14. The zero-order valence-corrected chi connectivity index (χ0v) is 11.3. The summed E-state index contributed by atoms with van der Waals surface area (Å²) >= 11 is 0. The molecule has 2 heteroatoms. The Kier molecular flexibility index (Phi) is 5.21. The molecule has 1 saturated carbocycles. The van der Waals surface area contributed by atoms with Gasteiger partial charge >= 0.3 is 0 Å². The van der Waals surface area contributed by atoms with Crippen LogP contribution in [0.25, 0.3) is 0 Å². The van der Waals surface area contributed by atoms with Crippen molar-refractivity contribution in [3.05, 3.63) is 35.9 Å². The average Bonchev–Trinajstić information content (AvgIpc) is 2.42. The lowest BCUT2D eigenvalue weighted by atomic mass is 9.74. The summed E-state index contributed by atoms with van der Waals surface area (Å²) in [7, 11) is 1.77. The van der Waals surface area contributed by atoms with Gasteiger partial charge in [0.2, 0.25) is 0 Å². The van der Waals surface area contributed by atoms with Crippen molar-refractivity contribution in [3.8, 4) is 0 Å². The van der Waals surface area contributed by atoms with Gasteiger partial charge in [0.15, 0.2) is 0 Å². The number of methoxy groups -OCH3 is 1.